The number of carbonyl (C=O) groups excluding carboxylic acids is 1. The van der Waals surface area contributed by atoms with Crippen LogP contribution in [0.15, 0.2) is 60.8 Å². The van der Waals surface area contributed by atoms with Crippen molar-refractivity contribution in [1.82, 2.24) is 0 Å². The topological polar surface area (TPSA) is 63.6 Å². The zero-order chi connectivity index (χ0) is 15.8. The fourth-order valence-electron chi connectivity index (χ4n) is 1.83. The van der Waals surface area contributed by atoms with E-state index in [4.69, 9.17) is 23.2 Å². The Bertz CT molecular complexity index is 776. The van der Waals surface area contributed by atoms with E-state index in [0.717, 1.165) is 0 Å². The highest BCUT2D eigenvalue weighted by molar-refractivity contribution is 7.90. The minimum Gasteiger partial charge on any atom is -0.287 e. The Morgan fingerprint density at radius 3 is 1.90 bits per heavy atom. The van der Waals surface area contributed by atoms with Gasteiger partial charge in [-0.3, -0.25) is 4.79 Å². The van der Waals surface area contributed by atoms with Crippen LogP contribution in [-0.4, -0.2) is 19.9 Å². The van der Waals surface area contributed by atoms with Crippen LogP contribution in [0.5, 0.6) is 0 Å². The molecule has 1 aliphatic carbocycles. The molecule has 0 heterocycles. The Labute approximate surface area is 132 Å². The highest BCUT2D eigenvalue weighted by atomic mass is 35.5. The van der Waals surface area contributed by atoms with Gasteiger partial charge >= 0.3 is 0 Å². The summed E-state index contributed by atoms with van der Waals surface area (Å²) in [5.74, 6) is -0.524. The Balaban J connectivity index is 2.63. The van der Waals surface area contributed by atoms with E-state index in [2.05, 4.69) is 4.40 Å². The monoisotopic (exact) mass is 343 g/mol. The second kappa shape index (κ2) is 5.75. The summed E-state index contributed by atoms with van der Waals surface area (Å²) in [7, 11) is -3.90. The van der Waals surface area contributed by atoms with E-state index in [1.54, 1.807) is 18.2 Å². The summed E-state index contributed by atoms with van der Waals surface area (Å²) in [5, 5.41) is -0.236. The molecule has 0 aliphatic heterocycles. The molecule has 110 valence electrons. The van der Waals surface area contributed by atoms with E-state index in [0.29, 0.717) is 11.1 Å². The highest BCUT2D eigenvalue weighted by Crippen LogP contribution is 2.30. The van der Waals surface area contributed by atoms with Crippen LogP contribution in [0.4, 0.5) is 0 Å². The van der Waals surface area contributed by atoms with Crippen LogP contribution < -0.4 is 0 Å². The molecule has 21 heavy (non-hydrogen) atoms. The molecule has 0 N–H and O–H groups in total. The average Bonchev–Trinajstić information content (AvgIpc) is 2.48. The van der Waals surface area contributed by atoms with Crippen LogP contribution in [0.3, 0.4) is 0 Å². The molecule has 0 atom stereocenters. The van der Waals surface area contributed by atoms with Crippen LogP contribution in [0.25, 0.3) is 0 Å². The summed E-state index contributed by atoms with van der Waals surface area (Å²) in [4.78, 5) is 11.8. The Morgan fingerprint density at radius 1 is 0.952 bits per heavy atom. The van der Waals surface area contributed by atoms with Crippen molar-refractivity contribution in [2.75, 3.05) is 0 Å². The zero-order valence-corrected chi connectivity index (χ0v) is 13.6. The molecule has 4 nitrogen and oxygen atoms in total. The van der Waals surface area contributed by atoms with Crippen molar-refractivity contribution in [1.29, 1.82) is 0 Å². The van der Waals surface area contributed by atoms with Gasteiger partial charge in [-0.2, -0.15) is 12.8 Å². The number of hydrogen-bond acceptors (Lipinski definition) is 3. The molecule has 0 fully saturated rings. The van der Waals surface area contributed by atoms with Gasteiger partial charge in [0.2, 0.25) is 5.78 Å². The first kappa shape index (κ1) is 15.9. The lowest BCUT2D eigenvalue weighted by Gasteiger charge is -2.16. The van der Waals surface area contributed by atoms with Crippen LogP contribution in [-0.2, 0) is 14.8 Å². The number of carbonyl (C=O) groups is 1. The van der Waals surface area contributed by atoms with Crippen molar-refractivity contribution in [2.45, 2.75) is 18.7 Å². The van der Waals surface area contributed by atoms with Gasteiger partial charge in [0.1, 0.15) is 0 Å². The predicted molar refractivity (Wildman–Crippen MR) is 83.2 cm³/mol. The standard InChI is InChI=1S/C14H11Cl2NO3S/c1-8-11(15)14(18)12(16)9(2)13(8)17-21(19,20)10-6-4-3-5-7-10/h3-7H,1-2H3. The smallest absolute Gasteiger partial charge is 0.282 e. The first-order chi connectivity index (χ1) is 9.75. The van der Waals surface area contributed by atoms with Crippen molar-refractivity contribution >= 4 is 44.7 Å². The maximum atomic E-state index is 12.3. The van der Waals surface area contributed by atoms with Gasteiger partial charge in [0.25, 0.3) is 10.0 Å². The van der Waals surface area contributed by atoms with Gasteiger partial charge in [0, 0.05) is 0 Å². The van der Waals surface area contributed by atoms with Gasteiger partial charge in [0.15, 0.2) is 0 Å². The Morgan fingerprint density at radius 2 is 1.43 bits per heavy atom. The lowest BCUT2D eigenvalue weighted by molar-refractivity contribution is -0.111. The number of allylic oxidation sites excluding steroid dienone is 4. The van der Waals surface area contributed by atoms with Crippen molar-refractivity contribution in [3.05, 3.63) is 51.5 Å². The van der Waals surface area contributed by atoms with E-state index < -0.39 is 15.8 Å². The van der Waals surface area contributed by atoms with Gasteiger partial charge in [-0.25, -0.2) is 0 Å². The minimum absolute atomic E-state index is 0.0576. The first-order valence-corrected chi connectivity index (χ1v) is 8.13. The molecule has 0 bridgehead atoms. The largest absolute Gasteiger partial charge is 0.287 e. The molecule has 0 radical (unpaired) electrons. The van der Waals surface area contributed by atoms with Gasteiger partial charge < -0.3 is 0 Å². The van der Waals surface area contributed by atoms with Crippen molar-refractivity contribution in [3.8, 4) is 0 Å². The number of nitrogens with zero attached hydrogens (tertiary/aromatic N) is 1. The Kier molecular flexibility index (Phi) is 4.37. The van der Waals surface area contributed by atoms with Gasteiger partial charge in [0.05, 0.1) is 20.7 Å². The number of ketones is 1. The minimum atomic E-state index is -3.90. The molecule has 0 amide bonds. The van der Waals surface area contributed by atoms with Gasteiger partial charge in [-0.05, 0) is 37.1 Å². The molecule has 1 aliphatic rings. The summed E-state index contributed by atoms with van der Waals surface area (Å²) in [6.07, 6.45) is 0. The van der Waals surface area contributed by atoms with Crippen LogP contribution in [0.2, 0.25) is 0 Å². The lowest BCUT2D eigenvalue weighted by Crippen LogP contribution is -2.19. The third-order valence-corrected chi connectivity index (χ3v) is 5.22. The quantitative estimate of drug-likeness (QED) is 0.772. The van der Waals surface area contributed by atoms with Crippen LogP contribution in [0.1, 0.15) is 13.8 Å². The molecule has 0 saturated heterocycles. The number of benzene rings is 1. The fourth-order valence-corrected chi connectivity index (χ4v) is 3.37. The van der Waals surface area contributed by atoms with Gasteiger partial charge in [-0.15, -0.1) is 0 Å². The molecular formula is C14H11Cl2NO3S. The van der Waals surface area contributed by atoms with E-state index in [9.17, 15) is 13.2 Å². The normalized spacial score (nSPS) is 16.6. The number of rotatable bonds is 2. The van der Waals surface area contributed by atoms with Crippen LogP contribution >= 0.6 is 23.2 Å². The second-order valence-corrected chi connectivity index (χ2v) is 6.80. The fraction of sp³-hybridized carbons (Fsp3) is 0.143. The average molecular weight is 344 g/mol. The SMILES string of the molecule is CC1=C(Cl)C(=O)C(Cl)=C(C)C1=NS(=O)(=O)c1ccccc1. The summed E-state index contributed by atoms with van der Waals surface area (Å²) in [6.45, 7) is 3.07. The summed E-state index contributed by atoms with van der Waals surface area (Å²) < 4.78 is 28.4. The third kappa shape index (κ3) is 2.95. The molecule has 2 rings (SSSR count). The number of sulfonamides is 1. The molecule has 1 aromatic carbocycles. The number of hydrogen-bond donors (Lipinski definition) is 0. The van der Waals surface area contributed by atoms with Crippen molar-refractivity contribution in [3.63, 3.8) is 0 Å². The van der Waals surface area contributed by atoms with Crippen molar-refractivity contribution < 1.29 is 13.2 Å². The van der Waals surface area contributed by atoms with Gasteiger partial charge in [-0.1, -0.05) is 41.4 Å². The molecular weight excluding hydrogens is 333 g/mol. The second-order valence-electron chi connectivity index (χ2n) is 4.44. The third-order valence-electron chi connectivity index (χ3n) is 3.02. The summed E-state index contributed by atoms with van der Waals surface area (Å²) in [5.41, 5.74) is 0.694. The van der Waals surface area contributed by atoms with E-state index in [1.807, 2.05) is 0 Å². The van der Waals surface area contributed by atoms with E-state index >= 15 is 0 Å². The predicted octanol–water partition coefficient (Wildman–Crippen LogP) is 3.42. The molecule has 0 saturated carbocycles. The summed E-state index contributed by atoms with van der Waals surface area (Å²) in [6, 6.07) is 7.78. The van der Waals surface area contributed by atoms with Crippen molar-refractivity contribution in [2.24, 2.45) is 4.40 Å². The van der Waals surface area contributed by atoms with E-state index in [1.165, 1.54) is 26.0 Å². The molecule has 0 spiro atoms. The number of Topliss-reactive ketones (excluding diaryl/α,β-unsaturated/α-hetero) is 1. The Hall–Kier alpha value is -1.43. The maximum absolute atomic E-state index is 12.3. The maximum Gasteiger partial charge on any atom is 0.282 e. The lowest BCUT2D eigenvalue weighted by atomic mass is 9.97. The zero-order valence-electron chi connectivity index (χ0n) is 11.2. The van der Waals surface area contributed by atoms with E-state index in [-0.39, 0.29) is 20.7 Å². The molecule has 7 heteroatoms. The first-order valence-electron chi connectivity index (χ1n) is 5.94. The summed E-state index contributed by atoms with van der Waals surface area (Å²) >= 11 is 11.8. The number of halogens is 2. The highest BCUT2D eigenvalue weighted by Gasteiger charge is 2.28. The molecule has 1 aromatic rings. The molecule has 0 unspecified atom stereocenters. The molecule has 0 aromatic heterocycles. The van der Waals surface area contributed by atoms with Crippen LogP contribution in [0, 0.1) is 0 Å².